The van der Waals surface area contributed by atoms with Crippen molar-refractivity contribution in [1.82, 2.24) is 20.1 Å². The Balaban J connectivity index is 2.38. The quantitative estimate of drug-likeness (QED) is 0.537. The Morgan fingerprint density at radius 3 is 2.94 bits per heavy atom. The van der Waals surface area contributed by atoms with E-state index in [0.29, 0.717) is 13.0 Å². The highest BCUT2D eigenvalue weighted by atomic mass is 32.2. The molecule has 0 radical (unpaired) electrons. The third kappa shape index (κ3) is 4.35. The van der Waals surface area contributed by atoms with Crippen LogP contribution in [0.2, 0.25) is 0 Å². The average molecular weight is 257 g/mol. The van der Waals surface area contributed by atoms with Crippen LogP contribution in [0.3, 0.4) is 0 Å². The van der Waals surface area contributed by atoms with Crippen LogP contribution in [0.25, 0.3) is 0 Å². The van der Waals surface area contributed by atoms with Crippen LogP contribution in [0.15, 0.2) is 5.16 Å². The van der Waals surface area contributed by atoms with Gasteiger partial charge in [-0.3, -0.25) is 4.79 Å². The third-order valence-corrected chi connectivity index (χ3v) is 3.37. The second kappa shape index (κ2) is 7.29. The summed E-state index contributed by atoms with van der Waals surface area (Å²) in [5.41, 5.74) is 5.53. The lowest BCUT2D eigenvalue weighted by Crippen LogP contribution is -2.17. The van der Waals surface area contributed by atoms with E-state index in [9.17, 15) is 4.79 Å². The fraction of sp³-hybridized carbons (Fsp3) is 0.700. The fourth-order valence-electron chi connectivity index (χ4n) is 1.38. The van der Waals surface area contributed by atoms with E-state index < -0.39 is 0 Å². The second-order valence-corrected chi connectivity index (χ2v) is 4.66. The van der Waals surface area contributed by atoms with Gasteiger partial charge in [-0.25, -0.2) is 0 Å². The van der Waals surface area contributed by atoms with Crippen molar-refractivity contribution in [2.75, 3.05) is 19.3 Å². The molecule has 96 valence electrons. The van der Waals surface area contributed by atoms with E-state index in [4.69, 9.17) is 5.73 Å². The minimum Gasteiger partial charge on any atom is -0.359 e. The zero-order valence-corrected chi connectivity index (χ0v) is 11.1. The molecule has 0 atom stereocenters. The summed E-state index contributed by atoms with van der Waals surface area (Å²) in [7, 11) is 1.65. The molecule has 1 aromatic heterocycles. The Morgan fingerprint density at radius 2 is 2.29 bits per heavy atom. The molecule has 0 aromatic carbocycles. The highest BCUT2D eigenvalue weighted by Crippen LogP contribution is 2.17. The molecule has 0 spiro atoms. The maximum absolute atomic E-state index is 11.0. The summed E-state index contributed by atoms with van der Waals surface area (Å²) in [5.74, 6) is 1.81. The summed E-state index contributed by atoms with van der Waals surface area (Å²) >= 11 is 1.61. The summed E-state index contributed by atoms with van der Waals surface area (Å²) in [6.07, 6.45) is 1.38. The van der Waals surface area contributed by atoms with Crippen molar-refractivity contribution in [3.05, 3.63) is 5.82 Å². The van der Waals surface area contributed by atoms with Gasteiger partial charge in [-0.15, -0.1) is 10.2 Å². The maximum Gasteiger partial charge on any atom is 0.219 e. The summed E-state index contributed by atoms with van der Waals surface area (Å²) in [6.45, 7) is 3.22. The van der Waals surface area contributed by atoms with Gasteiger partial charge in [0.05, 0.1) is 0 Å². The van der Waals surface area contributed by atoms with Crippen LogP contribution in [0, 0.1) is 6.92 Å². The van der Waals surface area contributed by atoms with Crippen molar-refractivity contribution in [2.24, 2.45) is 5.73 Å². The van der Waals surface area contributed by atoms with Crippen LogP contribution in [0.1, 0.15) is 18.7 Å². The molecule has 0 saturated carbocycles. The maximum atomic E-state index is 11.0. The van der Waals surface area contributed by atoms with E-state index in [1.807, 2.05) is 11.5 Å². The highest BCUT2D eigenvalue weighted by Gasteiger charge is 2.08. The molecule has 1 amide bonds. The number of nitrogens with zero attached hydrogens (tertiary/aromatic N) is 3. The van der Waals surface area contributed by atoms with Crippen LogP contribution in [-0.4, -0.2) is 40.0 Å². The number of nitrogens with two attached hydrogens (primary N) is 1. The molecule has 0 aliphatic heterocycles. The van der Waals surface area contributed by atoms with Gasteiger partial charge in [-0.1, -0.05) is 11.8 Å². The van der Waals surface area contributed by atoms with Crippen molar-refractivity contribution in [1.29, 1.82) is 0 Å². The first-order valence-corrected chi connectivity index (χ1v) is 6.60. The molecule has 0 fully saturated rings. The van der Waals surface area contributed by atoms with E-state index in [0.717, 1.165) is 29.7 Å². The van der Waals surface area contributed by atoms with Gasteiger partial charge in [0.2, 0.25) is 5.91 Å². The number of aryl methyl sites for hydroxylation is 1. The van der Waals surface area contributed by atoms with Crippen LogP contribution in [0.5, 0.6) is 0 Å². The molecule has 0 saturated heterocycles. The number of thioether (sulfide) groups is 1. The van der Waals surface area contributed by atoms with E-state index in [2.05, 4.69) is 15.5 Å². The van der Waals surface area contributed by atoms with Gasteiger partial charge in [0, 0.05) is 32.3 Å². The van der Waals surface area contributed by atoms with Crippen molar-refractivity contribution in [3.63, 3.8) is 0 Å². The smallest absolute Gasteiger partial charge is 0.219 e. The predicted octanol–water partition coefficient (Wildman–Crippen LogP) is 0.164. The molecule has 1 aromatic rings. The van der Waals surface area contributed by atoms with Crippen LogP contribution < -0.4 is 11.1 Å². The Hall–Kier alpha value is -1.08. The summed E-state index contributed by atoms with van der Waals surface area (Å²) in [5, 5.41) is 11.6. The Labute approximate surface area is 105 Å². The van der Waals surface area contributed by atoms with Crippen LogP contribution in [0.4, 0.5) is 0 Å². The monoisotopic (exact) mass is 257 g/mol. The number of hydrogen-bond donors (Lipinski definition) is 2. The van der Waals surface area contributed by atoms with Crippen molar-refractivity contribution < 1.29 is 4.79 Å². The average Bonchev–Trinajstić information content (AvgIpc) is 2.67. The first-order chi connectivity index (χ1) is 8.19. The second-order valence-electron chi connectivity index (χ2n) is 3.60. The third-order valence-electron chi connectivity index (χ3n) is 2.31. The van der Waals surface area contributed by atoms with Gasteiger partial charge >= 0.3 is 0 Å². The summed E-state index contributed by atoms with van der Waals surface area (Å²) < 4.78 is 2.00. The zero-order chi connectivity index (χ0) is 12.7. The van der Waals surface area contributed by atoms with Crippen LogP contribution >= 0.6 is 11.8 Å². The number of rotatable bonds is 7. The zero-order valence-electron chi connectivity index (χ0n) is 10.3. The standard InChI is InChI=1S/C10H19N5OS/c1-8-13-14-10(15(8)6-5-11)17-7-3-4-9(16)12-2/h3-7,11H2,1-2H3,(H,12,16). The van der Waals surface area contributed by atoms with Crippen molar-refractivity contribution in [2.45, 2.75) is 31.5 Å². The number of nitrogens with one attached hydrogen (secondary N) is 1. The number of amides is 1. The number of aromatic nitrogens is 3. The van der Waals surface area contributed by atoms with Gasteiger partial charge in [0.15, 0.2) is 5.16 Å². The molecule has 3 N–H and O–H groups in total. The topological polar surface area (TPSA) is 85.8 Å². The largest absolute Gasteiger partial charge is 0.359 e. The van der Waals surface area contributed by atoms with Gasteiger partial charge in [-0.2, -0.15) is 0 Å². The van der Waals surface area contributed by atoms with Crippen molar-refractivity contribution >= 4 is 17.7 Å². The molecule has 6 nitrogen and oxygen atoms in total. The molecular formula is C10H19N5OS. The first-order valence-electron chi connectivity index (χ1n) is 5.62. The van der Waals surface area contributed by atoms with Gasteiger partial charge in [0.1, 0.15) is 5.82 Å². The predicted molar refractivity (Wildman–Crippen MR) is 67.8 cm³/mol. The molecule has 1 heterocycles. The fourth-order valence-corrected chi connectivity index (χ4v) is 2.33. The van der Waals surface area contributed by atoms with Crippen LogP contribution in [-0.2, 0) is 11.3 Å². The number of carbonyl (C=O) groups excluding carboxylic acids is 1. The van der Waals surface area contributed by atoms with Crippen molar-refractivity contribution in [3.8, 4) is 0 Å². The Morgan fingerprint density at radius 1 is 1.53 bits per heavy atom. The minimum atomic E-state index is 0.0743. The van der Waals surface area contributed by atoms with Gasteiger partial charge in [0.25, 0.3) is 0 Å². The minimum absolute atomic E-state index is 0.0743. The molecule has 7 heteroatoms. The first kappa shape index (κ1) is 14.0. The molecule has 0 bridgehead atoms. The number of hydrogen-bond acceptors (Lipinski definition) is 5. The lowest BCUT2D eigenvalue weighted by molar-refractivity contribution is -0.120. The van der Waals surface area contributed by atoms with E-state index in [1.54, 1.807) is 18.8 Å². The van der Waals surface area contributed by atoms with Gasteiger partial charge < -0.3 is 15.6 Å². The Bertz CT molecular complexity index is 366. The van der Waals surface area contributed by atoms with E-state index in [1.165, 1.54) is 0 Å². The molecular weight excluding hydrogens is 238 g/mol. The normalized spacial score (nSPS) is 10.5. The lowest BCUT2D eigenvalue weighted by atomic mass is 10.3. The SMILES string of the molecule is CNC(=O)CCCSc1nnc(C)n1CCN. The Kier molecular flexibility index (Phi) is 5.99. The molecule has 0 unspecified atom stereocenters. The lowest BCUT2D eigenvalue weighted by Gasteiger charge is -2.06. The summed E-state index contributed by atoms with van der Waals surface area (Å²) in [4.78, 5) is 11.0. The molecule has 0 aliphatic rings. The van der Waals surface area contributed by atoms with Gasteiger partial charge in [-0.05, 0) is 13.3 Å². The molecule has 17 heavy (non-hydrogen) atoms. The molecule has 0 aliphatic carbocycles. The molecule has 1 rings (SSSR count). The number of carbonyl (C=O) groups is 1. The van der Waals surface area contributed by atoms with E-state index in [-0.39, 0.29) is 5.91 Å². The highest BCUT2D eigenvalue weighted by molar-refractivity contribution is 7.99. The summed E-state index contributed by atoms with van der Waals surface area (Å²) in [6, 6.07) is 0. The van der Waals surface area contributed by atoms with E-state index >= 15 is 0 Å².